The molecule has 0 aromatic carbocycles. The highest BCUT2D eigenvalue weighted by Crippen LogP contribution is 2.23. The Morgan fingerprint density at radius 3 is 2.17 bits per heavy atom. The van der Waals surface area contributed by atoms with Crippen LogP contribution in [0.5, 0.6) is 0 Å². The molecular formula is C25H44N4O7. The maximum atomic E-state index is 12.2. The molecule has 0 aromatic rings. The Morgan fingerprint density at radius 2 is 1.58 bits per heavy atom. The number of likely N-dealkylation sites (tertiary alicyclic amines) is 1. The average molecular weight is 513 g/mol. The number of nitrogens with one attached hydrogen (secondary N) is 3. The van der Waals surface area contributed by atoms with Crippen LogP contribution in [0.2, 0.25) is 0 Å². The first kappa shape index (κ1) is 31.2. The third-order valence-corrected chi connectivity index (χ3v) is 5.80. The van der Waals surface area contributed by atoms with Crippen molar-refractivity contribution in [3.05, 3.63) is 0 Å². The fourth-order valence-corrected chi connectivity index (χ4v) is 3.71. The van der Waals surface area contributed by atoms with Gasteiger partial charge in [-0.15, -0.1) is 0 Å². The van der Waals surface area contributed by atoms with E-state index in [4.69, 9.17) is 4.74 Å². The average Bonchev–Trinajstić information content (AvgIpc) is 2.82. The van der Waals surface area contributed by atoms with Gasteiger partial charge in [-0.05, 0) is 52.4 Å². The molecule has 11 heteroatoms. The van der Waals surface area contributed by atoms with Gasteiger partial charge >= 0.3 is 12.1 Å². The Kier molecular flexibility index (Phi) is 13.9. The lowest BCUT2D eigenvalue weighted by atomic mass is 9.92. The van der Waals surface area contributed by atoms with Gasteiger partial charge in [0, 0.05) is 45.4 Å². The number of piperidine rings is 1. The van der Waals surface area contributed by atoms with Crippen LogP contribution >= 0.6 is 0 Å². The summed E-state index contributed by atoms with van der Waals surface area (Å²) in [6.45, 7) is 8.81. The molecule has 1 atom stereocenters. The maximum absolute atomic E-state index is 12.2. The molecule has 206 valence electrons. The quantitative estimate of drug-likeness (QED) is 0.320. The van der Waals surface area contributed by atoms with Crippen LogP contribution in [0, 0.1) is 5.92 Å². The number of carbonyl (C=O) groups is 5. The highest BCUT2D eigenvalue weighted by atomic mass is 16.6. The summed E-state index contributed by atoms with van der Waals surface area (Å²) in [6.07, 6.45) is 4.34. The van der Waals surface area contributed by atoms with Crippen LogP contribution in [0.3, 0.4) is 0 Å². The molecule has 1 aliphatic heterocycles. The van der Waals surface area contributed by atoms with E-state index in [1.165, 1.54) is 7.11 Å². The number of unbranched alkanes of at least 4 members (excludes halogenated alkanes) is 1. The summed E-state index contributed by atoms with van der Waals surface area (Å²) < 4.78 is 10.1. The van der Waals surface area contributed by atoms with Crippen molar-refractivity contribution >= 4 is 29.8 Å². The second-order valence-corrected chi connectivity index (χ2v) is 10.1. The molecular weight excluding hydrogens is 468 g/mol. The van der Waals surface area contributed by atoms with E-state index in [0.29, 0.717) is 38.3 Å². The lowest BCUT2D eigenvalue weighted by Gasteiger charge is -2.33. The van der Waals surface area contributed by atoms with Crippen LogP contribution in [0.4, 0.5) is 4.79 Å². The van der Waals surface area contributed by atoms with E-state index in [1.807, 2.05) is 27.7 Å². The van der Waals surface area contributed by atoms with Gasteiger partial charge < -0.3 is 30.3 Å². The van der Waals surface area contributed by atoms with E-state index in [2.05, 4.69) is 20.7 Å². The van der Waals surface area contributed by atoms with Gasteiger partial charge in [0.05, 0.1) is 7.11 Å². The molecule has 1 rings (SSSR count). The third-order valence-electron chi connectivity index (χ3n) is 5.80. The first-order valence-corrected chi connectivity index (χ1v) is 12.8. The minimum atomic E-state index is -0.959. The second kappa shape index (κ2) is 16.0. The van der Waals surface area contributed by atoms with Crippen molar-refractivity contribution in [2.45, 2.75) is 90.7 Å². The molecule has 0 saturated carbocycles. The Bertz CT molecular complexity index is 743. The van der Waals surface area contributed by atoms with Gasteiger partial charge in [-0.25, -0.2) is 9.59 Å². The molecule has 3 N–H and O–H groups in total. The van der Waals surface area contributed by atoms with Crippen LogP contribution in [0.1, 0.15) is 79.1 Å². The Hall–Kier alpha value is -2.85. The molecule has 36 heavy (non-hydrogen) atoms. The van der Waals surface area contributed by atoms with Gasteiger partial charge in [0.15, 0.2) is 0 Å². The van der Waals surface area contributed by atoms with Crippen molar-refractivity contribution in [3.63, 3.8) is 0 Å². The lowest BCUT2D eigenvalue weighted by molar-refractivity contribution is -0.145. The highest BCUT2D eigenvalue weighted by molar-refractivity contribution is 5.85. The highest BCUT2D eigenvalue weighted by Gasteiger charge is 2.27. The molecule has 0 spiro atoms. The third kappa shape index (κ3) is 13.3. The molecule has 0 bridgehead atoms. The summed E-state index contributed by atoms with van der Waals surface area (Å²) in [5.41, 5.74) is -0.518. The van der Waals surface area contributed by atoms with Gasteiger partial charge in [-0.3, -0.25) is 14.4 Å². The normalized spacial score (nSPS) is 15.0. The van der Waals surface area contributed by atoms with E-state index in [9.17, 15) is 24.0 Å². The number of amides is 4. The number of methoxy groups -OCH3 is 1. The minimum Gasteiger partial charge on any atom is -0.467 e. The van der Waals surface area contributed by atoms with Crippen molar-refractivity contribution in [2.75, 3.05) is 33.3 Å². The van der Waals surface area contributed by atoms with Gasteiger partial charge in [0.2, 0.25) is 17.7 Å². The van der Waals surface area contributed by atoms with Crippen LogP contribution in [0.15, 0.2) is 0 Å². The number of rotatable bonds is 13. The van der Waals surface area contributed by atoms with Gasteiger partial charge in [-0.1, -0.05) is 13.3 Å². The summed E-state index contributed by atoms with van der Waals surface area (Å²) >= 11 is 0. The molecule has 0 unspecified atom stereocenters. The second-order valence-electron chi connectivity index (χ2n) is 10.1. The monoisotopic (exact) mass is 512 g/mol. The minimum absolute atomic E-state index is 0.0533. The predicted molar refractivity (Wildman–Crippen MR) is 134 cm³/mol. The van der Waals surface area contributed by atoms with E-state index in [0.717, 1.165) is 25.7 Å². The summed E-state index contributed by atoms with van der Waals surface area (Å²) in [5, 5.41) is 7.91. The largest absolute Gasteiger partial charge is 0.467 e. The number of ether oxygens (including phenoxy) is 2. The van der Waals surface area contributed by atoms with Crippen LogP contribution in [-0.2, 0) is 28.7 Å². The van der Waals surface area contributed by atoms with E-state index in [1.54, 1.807) is 4.90 Å². The SMILES string of the molecule is CCCCC(=O)N[C@@H](CNC(=O)CCNC(=O)CCC1CCN(C(=O)OC(C)(C)C)CC1)C(=O)OC. The van der Waals surface area contributed by atoms with Gasteiger partial charge in [-0.2, -0.15) is 0 Å². The summed E-state index contributed by atoms with van der Waals surface area (Å²) in [7, 11) is 1.22. The van der Waals surface area contributed by atoms with Crippen molar-refractivity contribution < 1.29 is 33.4 Å². The zero-order valence-electron chi connectivity index (χ0n) is 22.4. The molecule has 0 radical (unpaired) electrons. The van der Waals surface area contributed by atoms with Crippen molar-refractivity contribution in [2.24, 2.45) is 5.92 Å². The fourth-order valence-electron chi connectivity index (χ4n) is 3.71. The summed E-state index contributed by atoms with van der Waals surface area (Å²) in [6, 6.07) is -0.959. The first-order valence-electron chi connectivity index (χ1n) is 12.8. The molecule has 0 aliphatic carbocycles. The number of hydrogen-bond donors (Lipinski definition) is 3. The maximum Gasteiger partial charge on any atom is 0.410 e. The molecule has 4 amide bonds. The molecule has 1 aliphatic rings. The molecule has 1 heterocycles. The predicted octanol–water partition coefficient (Wildman–Crippen LogP) is 1.88. The Balaban J connectivity index is 2.24. The number of hydrogen-bond acceptors (Lipinski definition) is 7. The van der Waals surface area contributed by atoms with E-state index in [-0.39, 0.29) is 43.3 Å². The molecule has 0 aromatic heterocycles. The van der Waals surface area contributed by atoms with Crippen LogP contribution in [0.25, 0.3) is 0 Å². The van der Waals surface area contributed by atoms with Gasteiger partial charge in [0.25, 0.3) is 0 Å². The fraction of sp³-hybridized carbons (Fsp3) is 0.800. The van der Waals surface area contributed by atoms with Crippen molar-refractivity contribution in [1.82, 2.24) is 20.9 Å². The Morgan fingerprint density at radius 1 is 0.944 bits per heavy atom. The van der Waals surface area contributed by atoms with E-state index < -0.39 is 17.6 Å². The molecule has 1 fully saturated rings. The van der Waals surface area contributed by atoms with Crippen molar-refractivity contribution in [3.8, 4) is 0 Å². The zero-order chi connectivity index (χ0) is 27.1. The molecule has 1 saturated heterocycles. The standard InChI is InChI=1S/C25H44N4O7/c1-6-7-8-22(32)28-19(23(33)35-5)17-27-21(31)11-14-26-20(30)10-9-18-12-15-29(16-13-18)24(34)36-25(2,3)4/h18-19H,6-17H2,1-5H3,(H,26,30)(H,27,31)(H,28,32)/t19-/m0/s1. The van der Waals surface area contributed by atoms with E-state index >= 15 is 0 Å². The van der Waals surface area contributed by atoms with Crippen molar-refractivity contribution in [1.29, 1.82) is 0 Å². The topological polar surface area (TPSA) is 143 Å². The summed E-state index contributed by atoms with van der Waals surface area (Å²) in [4.78, 5) is 61.9. The summed E-state index contributed by atoms with van der Waals surface area (Å²) in [5.74, 6) is -1.02. The van der Waals surface area contributed by atoms with Gasteiger partial charge in [0.1, 0.15) is 11.6 Å². The first-order chi connectivity index (χ1) is 16.9. The van der Waals surface area contributed by atoms with Crippen LogP contribution < -0.4 is 16.0 Å². The lowest BCUT2D eigenvalue weighted by Crippen LogP contribution is -2.49. The smallest absolute Gasteiger partial charge is 0.410 e. The Labute approximate surface area is 214 Å². The number of nitrogens with zero attached hydrogens (tertiary/aromatic N) is 1. The molecule has 11 nitrogen and oxygen atoms in total. The number of carbonyl (C=O) groups excluding carboxylic acids is 5. The van der Waals surface area contributed by atoms with Crippen LogP contribution in [-0.4, -0.2) is 79.6 Å². The number of esters is 1. The zero-order valence-corrected chi connectivity index (χ0v) is 22.4.